The fourth-order valence-electron chi connectivity index (χ4n) is 2.15. The maximum Gasteiger partial charge on any atom is 0.326 e. The van der Waals surface area contributed by atoms with Gasteiger partial charge in [0, 0.05) is 6.54 Å². The molecule has 2 atom stereocenters. The van der Waals surface area contributed by atoms with Crippen molar-refractivity contribution in [1.82, 2.24) is 10.6 Å². The lowest BCUT2D eigenvalue weighted by atomic mass is 9.94. The molecule has 19 heavy (non-hydrogen) atoms. The van der Waals surface area contributed by atoms with Crippen LogP contribution < -0.4 is 10.6 Å². The van der Waals surface area contributed by atoms with Crippen LogP contribution >= 0.6 is 0 Å². The standard InChI is InChI=1S/C14H24N2O3/c1-2-3-9-12(13(17)18)16-14(19)15-10-11-7-5-4-6-8-11/h4-5,11-12H,2-3,6-10H2,1H3,(H,17,18)(H2,15,16,19). The van der Waals surface area contributed by atoms with Crippen molar-refractivity contribution in [2.24, 2.45) is 5.92 Å². The maximum atomic E-state index is 11.7. The number of carboxylic acids is 1. The fourth-order valence-corrected chi connectivity index (χ4v) is 2.15. The lowest BCUT2D eigenvalue weighted by Gasteiger charge is -2.19. The Balaban J connectivity index is 2.27. The summed E-state index contributed by atoms with van der Waals surface area (Å²) in [5, 5.41) is 14.3. The fraction of sp³-hybridized carbons (Fsp3) is 0.714. The molecule has 0 saturated carbocycles. The van der Waals surface area contributed by atoms with Gasteiger partial charge in [-0.2, -0.15) is 0 Å². The number of unbranched alkanes of at least 4 members (excludes halogenated alkanes) is 1. The summed E-state index contributed by atoms with van der Waals surface area (Å²) in [4.78, 5) is 22.7. The highest BCUT2D eigenvalue weighted by Crippen LogP contribution is 2.16. The first kappa shape index (κ1) is 15.5. The van der Waals surface area contributed by atoms with E-state index in [1.807, 2.05) is 6.92 Å². The van der Waals surface area contributed by atoms with Gasteiger partial charge in [-0.3, -0.25) is 0 Å². The quantitative estimate of drug-likeness (QED) is 0.620. The summed E-state index contributed by atoms with van der Waals surface area (Å²) < 4.78 is 0. The molecule has 3 N–H and O–H groups in total. The molecule has 1 aliphatic carbocycles. The largest absolute Gasteiger partial charge is 0.480 e. The average Bonchev–Trinajstić information content (AvgIpc) is 2.42. The highest BCUT2D eigenvalue weighted by atomic mass is 16.4. The van der Waals surface area contributed by atoms with Crippen LogP contribution in [-0.4, -0.2) is 29.7 Å². The highest BCUT2D eigenvalue weighted by molar-refractivity contribution is 5.82. The molecule has 1 rings (SSSR count). The Morgan fingerprint density at radius 1 is 1.42 bits per heavy atom. The van der Waals surface area contributed by atoms with Crippen LogP contribution in [0, 0.1) is 5.92 Å². The minimum atomic E-state index is -0.968. The first-order chi connectivity index (χ1) is 9.13. The van der Waals surface area contributed by atoms with Crippen molar-refractivity contribution in [3.05, 3.63) is 12.2 Å². The minimum Gasteiger partial charge on any atom is -0.480 e. The lowest BCUT2D eigenvalue weighted by molar-refractivity contribution is -0.139. The normalized spacial score (nSPS) is 19.7. The van der Waals surface area contributed by atoms with E-state index in [4.69, 9.17) is 5.11 Å². The molecule has 2 amide bonds. The number of amides is 2. The van der Waals surface area contributed by atoms with E-state index in [1.165, 1.54) is 0 Å². The van der Waals surface area contributed by atoms with Gasteiger partial charge in [-0.1, -0.05) is 31.9 Å². The molecule has 0 aromatic rings. The SMILES string of the molecule is CCCCC(NC(=O)NCC1CC=CCC1)C(=O)O. The topological polar surface area (TPSA) is 78.4 Å². The van der Waals surface area contributed by atoms with Crippen LogP contribution in [0.2, 0.25) is 0 Å². The molecule has 5 nitrogen and oxygen atoms in total. The Morgan fingerprint density at radius 2 is 2.21 bits per heavy atom. The van der Waals surface area contributed by atoms with E-state index >= 15 is 0 Å². The molecule has 0 aliphatic heterocycles. The summed E-state index contributed by atoms with van der Waals surface area (Å²) in [7, 11) is 0. The number of carboxylic acid groups (broad SMARTS) is 1. The number of carbonyl (C=O) groups is 2. The van der Waals surface area contributed by atoms with Crippen LogP contribution in [-0.2, 0) is 4.79 Å². The third kappa shape index (κ3) is 6.27. The summed E-state index contributed by atoms with van der Waals surface area (Å²) in [5.41, 5.74) is 0. The summed E-state index contributed by atoms with van der Waals surface area (Å²) in [6.45, 7) is 2.60. The number of allylic oxidation sites excluding steroid dienone is 2. The van der Waals surface area contributed by atoms with Crippen LogP contribution in [0.3, 0.4) is 0 Å². The summed E-state index contributed by atoms with van der Waals surface area (Å²) >= 11 is 0. The zero-order valence-corrected chi connectivity index (χ0v) is 11.5. The molecule has 2 unspecified atom stereocenters. The van der Waals surface area contributed by atoms with E-state index in [1.54, 1.807) is 0 Å². The number of hydrogen-bond acceptors (Lipinski definition) is 2. The predicted octanol–water partition coefficient (Wildman–Crippen LogP) is 2.29. The number of rotatable bonds is 7. The van der Waals surface area contributed by atoms with Crippen molar-refractivity contribution in [3.63, 3.8) is 0 Å². The Kier molecular flexibility index (Phi) is 7.00. The third-order valence-electron chi connectivity index (χ3n) is 3.38. The van der Waals surface area contributed by atoms with E-state index < -0.39 is 12.0 Å². The van der Waals surface area contributed by atoms with Gasteiger partial charge < -0.3 is 15.7 Å². The number of hydrogen-bond donors (Lipinski definition) is 3. The Morgan fingerprint density at radius 3 is 2.79 bits per heavy atom. The number of carbonyl (C=O) groups excluding carboxylic acids is 1. The van der Waals surface area contributed by atoms with E-state index in [9.17, 15) is 9.59 Å². The Bertz CT molecular complexity index is 329. The van der Waals surface area contributed by atoms with Crippen LogP contribution in [0.5, 0.6) is 0 Å². The monoisotopic (exact) mass is 268 g/mol. The second-order valence-corrected chi connectivity index (χ2v) is 5.04. The van der Waals surface area contributed by atoms with Gasteiger partial charge in [-0.25, -0.2) is 9.59 Å². The van der Waals surface area contributed by atoms with Gasteiger partial charge >= 0.3 is 12.0 Å². The smallest absolute Gasteiger partial charge is 0.326 e. The van der Waals surface area contributed by atoms with Crippen LogP contribution in [0.15, 0.2) is 12.2 Å². The molecular formula is C14H24N2O3. The molecule has 5 heteroatoms. The zero-order chi connectivity index (χ0) is 14.1. The predicted molar refractivity (Wildman–Crippen MR) is 74.0 cm³/mol. The van der Waals surface area contributed by atoms with Crippen molar-refractivity contribution >= 4 is 12.0 Å². The molecule has 0 spiro atoms. The minimum absolute atomic E-state index is 0.377. The Hall–Kier alpha value is -1.52. The van der Waals surface area contributed by atoms with Crippen LogP contribution in [0.25, 0.3) is 0 Å². The van der Waals surface area contributed by atoms with Gasteiger partial charge in [-0.05, 0) is 31.6 Å². The van der Waals surface area contributed by atoms with E-state index in [-0.39, 0.29) is 6.03 Å². The van der Waals surface area contributed by atoms with Crippen molar-refractivity contribution in [2.75, 3.05) is 6.54 Å². The molecule has 0 fully saturated rings. The highest BCUT2D eigenvalue weighted by Gasteiger charge is 2.19. The molecule has 0 bridgehead atoms. The van der Waals surface area contributed by atoms with Crippen molar-refractivity contribution in [1.29, 1.82) is 0 Å². The second kappa shape index (κ2) is 8.56. The first-order valence-electron chi connectivity index (χ1n) is 7.05. The maximum absolute atomic E-state index is 11.7. The molecule has 108 valence electrons. The molecule has 0 saturated heterocycles. The van der Waals surface area contributed by atoms with Gasteiger partial charge in [-0.15, -0.1) is 0 Å². The van der Waals surface area contributed by atoms with Gasteiger partial charge in [0.2, 0.25) is 0 Å². The van der Waals surface area contributed by atoms with Gasteiger partial charge in [0.15, 0.2) is 0 Å². The van der Waals surface area contributed by atoms with Gasteiger partial charge in [0.05, 0.1) is 0 Å². The average molecular weight is 268 g/mol. The number of nitrogens with one attached hydrogen (secondary N) is 2. The van der Waals surface area contributed by atoms with E-state index in [2.05, 4.69) is 22.8 Å². The van der Waals surface area contributed by atoms with Gasteiger partial charge in [0.25, 0.3) is 0 Å². The van der Waals surface area contributed by atoms with Crippen LogP contribution in [0.4, 0.5) is 4.79 Å². The molecule has 0 aromatic carbocycles. The van der Waals surface area contributed by atoms with E-state index in [0.29, 0.717) is 18.9 Å². The third-order valence-corrected chi connectivity index (χ3v) is 3.38. The molecule has 1 aliphatic rings. The number of urea groups is 1. The first-order valence-corrected chi connectivity index (χ1v) is 7.05. The van der Waals surface area contributed by atoms with Crippen LogP contribution in [0.1, 0.15) is 45.4 Å². The molecule has 0 heterocycles. The van der Waals surface area contributed by atoms with Crippen molar-refractivity contribution in [3.8, 4) is 0 Å². The van der Waals surface area contributed by atoms with Crippen molar-refractivity contribution in [2.45, 2.75) is 51.5 Å². The van der Waals surface area contributed by atoms with Gasteiger partial charge in [0.1, 0.15) is 6.04 Å². The Labute approximate surface area is 114 Å². The lowest BCUT2D eigenvalue weighted by Crippen LogP contribution is -2.47. The summed E-state index contributed by atoms with van der Waals surface area (Å²) in [6, 6.07) is -1.16. The number of aliphatic carboxylic acids is 1. The zero-order valence-electron chi connectivity index (χ0n) is 11.5. The molecular weight excluding hydrogens is 244 g/mol. The van der Waals surface area contributed by atoms with Crippen molar-refractivity contribution < 1.29 is 14.7 Å². The second-order valence-electron chi connectivity index (χ2n) is 5.04. The molecule has 0 aromatic heterocycles. The van der Waals surface area contributed by atoms with E-state index in [0.717, 1.165) is 32.1 Å². The summed E-state index contributed by atoms with van der Waals surface area (Å²) in [6.07, 6.45) is 9.60. The molecule has 0 radical (unpaired) electrons. The summed E-state index contributed by atoms with van der Waals surface area (Å²) in [5.74, 6) is -0.501.